The van der Waals surface area contributed by atoms with E-state index in [1.807, 2.05) is 0 Å². The molecule has 0 bridgehead atoms. The molecule has 2 atom stereocenters. The first kappa shape index (κ1) is 14.3. The van der Waals surface area contributed by atoms with Crippen molar-refractivity contribution in [3.63, 3.8) is 0 Å². The van der Waals surface area contributed by atoms with Gasteiger partial charge in [-0.15, -0.1) is 0 Å². The van der Waals surface area contributed by atoms with Crippen LogP contribution in [0, 0.1) is 5.92 Å². The molecule has 2 aliphatic rings. The van der Waals surface area contributed by atoms with Gasteiger partial charge in [0.1, 0.15) is 0 Å². The monoisotopic (exact) mass is 254 g/mol. The van der Waals surface area contributed by atoms with Crippen LogP contribution in [0.15, 0.2) is 0 Å². The third-order valence-electron chi connectivity index (χ3n) is 4.33. The van der Waals surface area contributed by atoms with Crippen molar-refractivity contribution in [2.24, 2.45) is 5.92 Å². The van der Waals surface area contributed by atoms with Crippen molar-refractivity contribution in [3.8, 4) is 0 Å². The Hall–Kier alpha value is -0.120. The highest BCUT2D eigenvalue weighted by Crippen LogP contribution is 2.22. The lowest BCUT2D eigenvalue weighted by molar-refractivity contribution is 0.112. The molecule has 1 heterocycles. The SMILES string of the molecule is CCCC1CCCN(CC(O)CNC2CC2)CC1. The number of nitrogens with zero attached hydrogens (tertiary/aromatic N) is 1. The van der Waals surface area contributed by atoms with Gasteiger partial charge in [0, 0.05) is 19.1 Å². The van der Waals surface area contributed by atoms with Crippen LogP contribution < -0.4 is 5.32 Å². The van der Waals surface area contributed by atoms with E-state index < -0.39 is 0 Å². The molecule has 3 heteroatoms. The second kappa shape index (κ2) is 7.46. The smallest absolute Gasteiger partial charge is 0.0791 e. The molecule has 0 aromatic heterocycles. The van der Waals surface area contributed by atoms with E-state index in [4.69, 9.17) is 0 Å². The lowest BCUT2D eigenvalue weighted by atomic mass is 9.96. The molecule has 0 amide bonds. The summed E-state index contributed by atoms with van der Waals surface area (Å²) in [5.74, 6) is 0.932. The van der Waals surface area contributed by atoms with Crippen molar-refractivity contribution in [1.29, 1.82) is 0 Å². The van der Waals surface area contributed by atoms with Crippen molar-refractivity contribution in [3.05, 3.63) is 0 Å². The minimum Gasteiger partial charge on any atom is -0.390 e. The van der Waals surface area contributed by atoms with Crippen LogP contribution in [-0.4, -0.2) is 48.3 Å². The van der Waals surface area contributed by atoms with Gasteiger partial charge < -0.3 is 15.3 Å². The van der Waals surface area contributed by atoms with E-state index in [1.54, 1.807) is 0 Å². The van der Waals surface area contributed by atoms with Crippen LogP contribution in [0.3, 0.4) is 0 Å². The van der Waals surface area contributed by atoms with Crippen molar-refractivity contribution >= 4 is 0 Å². The molecule has 0 aromatic carbocycles. The fourth-order valence-electron chi connectivity index (χ4n) is 3.06. The third kappa shape index (κ3) is 5.25. The van der Waals surface area contributed by atoms with Crippen LogP contribution in [0.4, 0.5) is 0 Å². The number of hydrogen-bond acceptors (Lipinski definition) is 3. The molecule has 1 aliphatic heterocycles. The van der Waals surface area contributed by atoms with Crippen molar-refractivity contribution in [1.82, 2.24) is 10.2 Å². The molecule has 0 spiro atoms. The number of nitrogens with one attached hydrogen (secondary N) is 1. The van der Waals surface area contributed by atoms with Gasteiger partial charge in [0.05, 0.1) is 6.10 Å². The summed E-state index contributed by atoms with van der Waals surface area (Å²) >= 11 is 0. The third-order valence-corrected chi connectivity index (χ3v) is 4.33. The first-order valence-corrected chi connectivity index (χ1v) is 7.91. The van der Waals surface area contributed by atoms with Gasteiger partial charge in [-0.1, -0.05) is 19.8 Å². The van der Waals surface area contributed by atoms with Gasteiger partial charge in [0.25, 0.3) is 0 Å². The molecule has 2 fully saturated rings. The summed E-state index contributed by atoms with van der Waals surface area (Å²) in [4.78, 5) is 2.47. The fourth-order valence-corrected chi connectivity index (χ4v) is 3.06. The molecule has 1 aliphatic carbocycles. The molecule has 1 saturated carbocycles. The lowest BCUT2D eigenvalue weighted by Crippen LogP contribution is -2.39. The average molecular weight is 254 g/mol. The van der Waals surface area contributed by atoms with Crippen LogP contribution in [-0.2, 0) is 0 Å². The second-order valence-corrected chi connectivity index (χ2v) is 6.22. The first-order chi connectivity index (χ1) is 8.78. The Bertz CT molecular complexity index is 231. The maximum atomic E-state index is 10.0. The topological polar surface area (TPSA) is 35.5 Å². The zero-order valence-electron chi connectivity index (χ0n) is 11.9. The summed E-state index contributed by atoms with van der Waals surface area (Å²) in [6.07, 6.45) is 9.15. The average Bonchev–Trinajstić information content (AvgIpc) is 3.16. The predicted octanol–water partition coefficient (Wildman–Crippen LogP) is 2.00. The van der Waals surface area contributed by atoms with E-state index in [0.717, 1.165) is 19.0 Å². The number of aliphatic hydroxyl groups is 1. The minimum atomic E-state index is -0.187. The Morgan fingerprint density at radius 3 is 2.78 bits per heavy atom. The van der Waals surface area contributed by atoms with E-state index in [2.05, 4.69) is 17.1 Å². The molecular formula is C15H30N2O. The predicted molar refractivity (Wildman–Crippen MR) is 75.7 cm³/mol. The number of aliphatic hydroxyl groups excluding tert-OH is 1. The molecule has 2 unspecified atom stereocenters. The summed E-state index contributed by atoms with van der Waals surface area (Å²) < 4.78 is 0. The molecule has 0 radical (unpaired) electrons. The highest BCUT2D eigenvalue weighted by Gasteiger charge is 2.22. The van der Waals surface area contributed by atoms with Crippen molar-refractivity contribution in [2.45, 2.75) is 64.0 Å². The summed E-state index contributed by atoms with van der Waals surface area (Å²) in [5, 5.41) is 13.4. The van der Waals surface area contributed by atoms with Crippen molar-refractivity contribution in [2.75, 3.05) is 26.2 Å². The lowest BCUT2D eigenvalue weighted by Gasteiger charge is -2.23. The molecule has 1 saturated heterocycles. The summed E-state index contributed by atoms with van der Waals surface area (Å²) in [6, 6.07) is 0.706. The van der Waals surface area contributed by atoms with Gasteiger partial charge in [-0.05, 0) is 51.1 Å². The van der Waals surface area contributed by atoms with Gasteiger partial charge in [-0.3, -0.25) is 0 Å². The molecule has 2 N–H and O–H groups in total. The zero-order valence-corrected chi connectivity index (χ0v) is 11.9. The Kier molecular flexibility index (Phi) is 5.93. The summed E-state index contributed by atoms with van der Waals surface area (Å²) in [6.45, 7) is 6.29. The van der Waals surface area contributed by atoms with Gasteiger partial charge in [0.2, 0.25) is 0 Å². The van der Waals surface area contributed by atoms with Gasteiger partial charge in [-0.2, -0.15) is 0 Å². The van der Waals surface area contributed by atoms with E-state index in [1.165, 1.54) is 58.0 Å². The number of rotatable bonds is 7. The van der Waals surface area contributed by atoms with E-state index in [0.29, 0.717) is 6.04 Å². The van der Waals surface area contributed by atoms with Gasteiger partial charge in [-0.25, -0.2) is 0 Å². The Labute approximate surface area is 112 Å². The van der Waals surface area contributed by atoms with Crippen LogP contribution in [0.2, 0.25) is 0 Å². The van der Waals surface area contributed by atoms with Crippen LogP contribution in [0.1, 0.15) is 51.9 Å². The Morgan fingerprint density at radius 1 is 1.22 bits per heavy atom. The second-order valence-electron chi connectivity index (χ2n) is 6.22. The largest absolute Gasteiger partial charge is 0.390 e. The number of β-amino-alcohol motifs (C(OH)–C–C–N with tert-alkyl or cyclic N) is 1. The standard InChI is InChI=1S/C15H30N2O/c1-2-4-13-5-3-9-17(10-8-13)12-15(18)11-16-14-6-7-14/h13-16,18H,2-12H2,1H3. The summed E-state index contributed by atoms with van der Waals surface area (Å²) in [7, 11) is 0. The number of hydrogen-bond donors (Lipinski definition) is 2. The Balaban J connectivity index is 1.62. The first-order valence-electron chi connectivity index (χ1n) is 7.91. The van der Waals surface area contributed by atoms with Gasteiger partial charge in [0.15, 0.2) is 0 Å². The highest BCUT2D eigenvalue weighted by atomic mass is 16.3. The molecule has 106 valence electrons. The van der Waals surface area contributed by atoms with Crippen LogP contribution >= 0.6 is 0 Å². The fraction of sp³-hybridized carbons (Fsp3) is 1.00. The van der Waals surface area contributed by atoms with E-state index >= 15 is 0 Å². The highest BCUT2D eigenvalue weighted by molar-refractivity contribution is 4.82. The molecular weight excluding hydrogens is 224 g/mol. The normalized spacial score (nSPS) is 28.0. The molecule has 2 rings (SSSR count). The van der Waals surface area contributed by atoms with Crippen LogP contribution in [0.25, 0.3) is 0 Å². The summed E-state index contributed by atoms with van der Waals surface area (Å²) in [5.41, 5.74) is 0. The molecule has 0 aromatic rings. The molecule has 3 nitrogen and oxygen atoms in total. The number of likely N-dealkylation sites (tertiary alicyclic amines) is 1. The minimum absolute atomic E-state index is 0.187. The maximum Gasteiger partial charge on any atom is 0.0791 e. The quantitative estimate of drug-likeness (QED) is 0.729. The van der Waals surface area contributed by atoms with Crippen molar-refractivity contribution < 1.29 is 5.11 Å². The van der Waals surface area contributed by atoms with Gasteiger partial charge >= 0.3 is 0 Å². The zero-order chi connectivity index (χ0) is 12.8. The van der Waals surface area contributed by atoms with E-state index in [-0.39, 0.29) is 6.10 Å². The van der Waals surface area contributed by atoms with Crippen LogP contribution in [0.5, 0.6) is 0 Å². The Morgan fingerprint density at radius 2 is 2.06 bits per heavy atom. The van der Waals surface area contributed by atoms with E-state index in [9.17, 15) is 5.11 Å². The maximum absolute atomic E-state index is 10.0. The molecule has 18 heavy (non-hydrogen) atoms.